The summed E-state index contributed by atoms with van der Waals surface area (Å²) >= 11 is 0. The zero-order valence-electron chi connectivity index (χ0n) is 15.3. The highest BCUT2D eigenvalue weighted by Gasteiger charge is 2.11. The Morgan fingerprint density at radius 3 is 1.31 bits per heavy atom. The van der Waals surface area contributed by atoms with Gasteiger partial charge in [0.1, 0.15) is 0 Å². The smallest absolute Gasteiger partial charge is 0.237 e. The third-order valence-electron chi connectivity index (χ3n) is 3.76. The first kappa shape index (κ1) is 21.3. The van der Waals surface area contributed by atoms with E-state index in [2.05, 4.69) is 10.6 Å². The molecule has 2 atom stereocenters. The van der Waals surface area contributed by atoms with Crippen LogP contribution in [-0.2, 0) is 22.4 Å². The number of hydrogen-bond acceptors (Lipinski definition) is 4. The Bertz CT molecular complexity index is 603. The summed E-state index contributed by atoms with van der Waals surface area (Å²) in [5.41, 5.74) is 13.5. The number of carbonyl (C=O) groups is 2. The van der Waals surface area contributed by atoms with E-state index in [1.807, 2.05) is 60.7 Å². The van der Waals surface area contributed by atoms with Crippen LogP contribution < -0.4 is 22.1 Å². The Hall–Kier alpha value is -2.70. The lowest BCUT2D eigenvalue weighted by Gasteiger charge is -2.09. The van der Waals surface area contributed by atoms with Crippen LogP contribution in [0.15, 0.2) is 60.7 Å². The molecule has 2 rings (SSSR count). The lowest BCUT2D eigenvalue weighted by molar-refractivity contribution is -0.122. The van der Waals surface area contributed by atoms with E-state index >= 15 is 0 Å². The molecule has 0 aromatic heterocycles. The largest absolute Gasteiger partial charge is 0.358 e. The van der Waals surface area contributed by atoms with Gasteiger partial charge in [0.2, 0.25) is 11.8 Å². The number of nitrogens with one attached hydrogen (secondary N) is 2. The van der Waals surface area contributed by atoms with E-state index in [0.717, 1.165) is 11.1 Å². The van der Waals surface area contributed by atoms with Gasteiger partial charge in [-0.05, 0) is 24.0 Å². The van der Waals surface area contributed by atoms with E-state index in [4.69, 9.17) is 11.5 Å². The van der Waals surface area contributed by atoms with Gasteiger partial charge in [-0.25, -0.2) is 0 Å². The van der Waals surface area contributed by atoms with E-state index in [1.54, 1.807) is 14.1 Å². The second kappa shape index (κ2) is 11.8. The SMILES string of the molecule is CNC(=O)[C@@H](N)Cc1ccccc1.CNC(=O)[C@@H](N)Cc1ccccc1. The molecule has 0 aliphatic carbocycles. The molecule has 0 aliphatic rings. The molecule has 6 nitrogen and oxygen atoms in total. The van der Waals surface area contributed by atoms with E-state index in [1.165, 1.54) is 0 Å². The van der Waals surface area contributed by atoms with Gasteiger partial charge in [-0.15, -0.1) is 0 Å². The van der Waals surface area contributed by atoms with Gasteiger partial charge >= 0.3 is 0 Å². The van der Waals surface area contributed by atoms with Crippen LogP contribution in [0.3, 0.4) is 0 Å². The van der Waals surface area contributed by atoms with Gasteiger partial charge in [0.15, 0.2) is 0 Å². The highest BCUT2D eigenvalue weighted by Crippen LogP contribution is 2.02. The van der Waals surface area contributed by atoms with Crippen molar-refractivity contribution in [2.24, 2.45) is 11.5 Å². The molecule has 0 saturated heterocycles. The quantitative estimate of drug-likeness (QED) is 0.607. The van der Waals surface area contributed by atoms with Crippen LogP contribution in [0.2, 0.25) is 0 Å². The summed E-state index contributed by atoms with van der Waals surface area (Å²) in [6, 6.07) is 18.6. The normalized spacial score (nSPS) is 12.2. The van der Waals surface area contributed by atoms with Crippen LogP contribution in [0, 0.1) is 0 Å². The first-order valence-electron chi connectivity index (χ1n) is 8.50. The van der Waals surface area contributed by atoms with Crippen molar-refractivity contribution in [3.8, 4) is 0 Å². The van der Waals surface area contributed by atoms with Crippen molar-refractivity contribution < 1.29 is 9.59 Å². The zero-order valence-corrected chi connectivity index (χ0v) is 15.3. The number of hydrogen-bond donors (Lipinski definition) is 4. The Balaban J connectivity index is 0.000000260. The Kier molecular flexibility index (Phi) is 9.67. The van der Waals surface area contributed by atoms with Crippen LogP contribution in [-0.4, -0.2) is 38.0 Å². The summed E-state index contributed by atoms with van der Waals surface area (Å²) in [6.45, 7) is 0. The van der Waals surface area contributed by atoms with E-state index < -0.39 is 12.1 Å². The van der Waals surface area contributed by atoms with E-state index in [9.17, 15) is 9.59 Å². The molecule has 0 spiro atoms. The molecule has 26 heavy (non-hydrogen) atoms. The first-order chi connectivity index (χ1) is 12.5. The fourth-order valence-electron chi connectivity index (χ4n) is 2.29. The van der Waals surface area contributed by atoms with Gasteiger partial charge in [-0.2, -0.15) is 0 Å². The third kappa shape index (κ3) is 7.92. The van der Waals surface area contributed by atoms with Gasteiger partial charge in [0.25, 0.3) is 0 Å². The maximum absolute atomic E-state index is 11.1. The molecule has 0 bridgehead atoms. The number of rotatable bonds is 6. The standard InChI is InChI=1S/2C10H14N2O/c2*1-12-10(13)9(11)7-8-5-3-2-4-6-8/h2*2-6,9H,7,11H2,1H3,(H,12,13)/t2*9-/m00/s1. The van der Waals surface area contributed by atoms with Crippen LogP contribution in [0.4, 0.5) is 0 Å². The van der Waals surface area contributed by atoms with Crippen molar-refractivity contribution in [3.05, 3.63) is 71.8 Å². The molecule has 0 aliphatic heterocycles. The van der Waals surface area contributed by atoms with Crippen LogP contribution in [0.1, 0.15) is 11.1 Å². The molecule has 140 valence electrons. The second-order valence-electron chi connectivity index (χ2n) is 5.82. The number of benzene rings is 2. The minimum absolute atomic E-state index is 0.121. The molecule has 2 aromatic rings. The molecule has 6 heteroatoms. The average Bonchev–Trinajstić information content (AvgIpc) is 2.68. The molecule has 2 aromatic carbocycles. The topological polar surface area (TPSA) is 110 Å². The number of amides is 2. The fourth-order valence-corrected chi connectivity index (χ4v) is 2.29. The summed E-state index contributed by atoms with van der Waals surface area (Å²) in [5, 5.41) is 5.04. The summed E-state index contributed by atoms with van der Waals surface area (Å²) < 4.78 is 0. The maximum Gasteiger partial charge on any atom is 0.237 e. The van der Waals surface area contributed by atoms with Gasteiger partial charge in [-0.3, -0.25) is 9.59 Å². The van der Waals surface area contributed by atoms with Crippen LogP contribution >= 0.6 is 0 Å². The van der Waals surface area contributed by atoms with Crippen LogP contribution in [0.25, 0.3) is 0 Å². The predicted molar refractivity (Wildman–Crippen MR) is 104 cm³/mol. The lowest BCUT2D eigenvalue weighted by Crippen LogP contribution is -2.40. The zero-order chi connectivity index (χ0) is 19.4. The molecule has 0 radical (unpaired) electrons. The predicted octanol–water partition coefficient (Wildman–Crippen LogP) is 0.605. The Labute approximate surface area is 155 Å². The van der Waals surface area contributed by atoms with Crippen LogP contribution in [0.5, 0.6) is 0 Å². The highest BCUT2D eigenvalue weighted by molar-refractivity contribution is 5.81. The van der Waals surface area contributed by atoms with Crippen molar-refractivity contribution >= 4 is 11.8 Å². The maximum atomic E-state index is 11.1. The molecule has 0 unspecified atom stereocenters. The molecule has 0 heterocycles. The monoisotopic (exact) mass is 356 g/mol. The van der Waals surface area contributed by atoms with Gasteiger partial charge in [0.05, 0.1) is 12.1 Å². The third-order valence-corrected chi connectivity index (χ3v) is 3.76. The number of likely N-dealkylation sites (N-methyl/N-ethyl adjacent to an activating group) is 2. The highest BCUT2D eigenvalue weighted by atomic mass is 16.2. The van der Waals surface area contributed by atoms with Gasteiger partial charge < -0.3 is 22.1 Å². The number of carbonyl (C=O) groups excluding carboxylic acids is 2. The molecular formula is C20H28N4O2. The van der Waals surface area contributed by atoms with Crippen molar-refractivity contribution in [1.82, 2.24) is 10.6 Å². The summed E-state index contributed by atoms with van der Waals surface area (Å²) in [7, 11) is 3.18. The number of nitrogens with two attached hydrogens (primary N) is 2. The minimum Gasteiger partial charge on any atom is -0.358 e. The van der Waals surface area contributed by atoms with Crippen molar-refractivity contribution in [2.75, 3.05) is 14.1 Å². The van der Waals surface area contributed by atoms with Crippen molar-refractivity contribution in [2.45, 2.75) is 24.9 Å². The summed E-state index contributed by atoms with van der Waals surface area (Å²) in [5.74, 6) is -0.243. The second-order valence-corrected chi connectivity index (χ2v) is 5.82. The van der Waals surface area contributed by atoms with Crippen molar-refractivity contribution in [1.29, 1.82) is 0 Å². The van der Waals surface area contributed by atoms with E-state index in [0.29, 0.717) is 12.8 Å². The minimum atomic E-state index is -0.451. The molecule has 0 saturated carbocycles. The molecule has 0 fully saturated rings. The van der Waals surface area contributed by atoms with Gasteiger partial charge in [0, 0.05) is 14.1 Å². The Morgan fingerprint density at radius 1 is 0.731 bits per heavy atom. The molecule has 6 N–H and O–H groups in total. The first-order valence-corrected chi connectivity index (χ1v) is 8.50. The average molecular weight is 356 g/mol. The fraction of sp³-hybridized carbons (Fsp3) is 0.300. The molecular weight excluding hydrogens is 328 g/mol. The lowest BCUT2D eigenvalue weighted by atomic mass is 10.1. The Morgan fingerprint density at radius 2 is 1.04 bits per heavy atom. The van der Waals surface area contributed by atoms with Crippen molar-refractivity contribution in [3.63, 3.8) is 0 Å². The summed E-state index contributed by atoms with van der Waals surface area (Å²) in [4.78, 5) is 22.2. The summed E-state index contributed by atoms with van der Waals surface area (Å²) in [6.07, 6.45) is 1.17. The molecule has 2 amide bonds. The van der Waals surface area contributed by atoms with E-state index in [-0.39, 0.29) is 11.8 Å². The van der Waals surface area contributed by atoms with Gasteiger partial charge in [-0.1, -0.05) is 60.7 Å².